The smallest absolute Gasteiger partial charge is 0.253 e. The fraction of sp³-hybridized carbons (Fsp3) is 0.500. The summed E-state index contributed by atoms with van der Waals surface area (Å²) in [5.41, 5.74) is 6.14. The van der Waals surface area contributed by atoms with Crippen molar-refractivity contribution in [2.45, 2.75) is 19.8 Å². The van der Waals surface area contributed by atoms with E-state index in [1.54, 1.807) is 24.3 Å². The third-order valence-corrected chi connectivity index (χ3v) is 3.76. The summed E-state index contributed by atoms with van der Waals surface area (Å²) in [5.74, 6) is -0.168. The second-order valence-corrected chi connectivity index (χ2v) is 5.36. The number of hydrogen-bond acceptors (Lipinski definition) is 3. The average molecular weight is 290 g/mol. The zero-order valence-corrected chi connectivity index (χ0v) is 12.4. The van der Waals surface area contributed by atoms with Gasteiger partial charge in [-0.15, -0.1) is 0 Å². The van der Waals surface area contributed by atoms with E-state index in [2.05, 4.69) is 0 Å². The Morgan fingerprint density at radius 3 is 2.86 bits per heavy atom. The van der Waals surface area contributed by atoms with E-state index in [0.717, 1.165) is 19.4 Å². The number of benzene rings is 1. The molecule has 2 rings (SSSR count). The third-order valence-electron chi connectivity index (χ3n) is 3.76. The minimum atomic E-state index is -0.516. The first kappa shape index (κ1) is 15.5. The molecule has 2 N–H and O–H groups in total. The summed E-state index contributed by atoms with van der Waals surface area (Å²) in [7, 11) is 0. The molecule has 2 amide bonds. The van der Waals surface area contributed by atoms with Gasteiger partial charge in [0.25, 0.3) is 5.91 Å². The zero-order chi connectivity index (χ0) is 15.2. The van der Waals surface area contributed by atoms with Gasteiger partial charge in [0, 0.05) is 30.8 Å². The Labute approximate surface area is 125 Å². The van der Waals surface area contributed by atoms with E-state index in [-0.39, 0.29) is 5.91 Å². The third kappa shape index (κ3) is 4.04. The molecule has 1 atom stereocenters. The van der Waals surface area contributed by atoms with Gasteiger partial charge in [-0.25, -0.2) is 0 Å². The molecule has 0 bridgehead atoms. The van der Waals surface area contributed by atoms with Crippen LogP contribution in [0.1, 0.15) is 40.5 Å². The maximum absolute atomic E-state index is 12.5. The number of amides is 2. The van der Waals surface area contributed by atoms with Gasteiger partial charge in [0.1, 0.15) is 0 Å². The molecule has 1 fully saturated rings. The highest BCUT2D eigenvalue weighted by molar-refractivity contribution is 5.99. The van der Waals surface area contributed by atoms with Crippen molar-refractivity contribution in [1.29, 1.82) is 0 Å². The lowest BCUT2D eigenvalue weighted by Crippen LogP contribution is -2.41. The van der Waals surface area contributed by atoms with Crippen LogP contribution in [-0.2, 0) is 4.74 Å². The SMILES string of the molecule is CCOCC1CCCN(C(=O)c2cccc(C(N)=O)c2)C1. The normalized spacial score (nSPS) is 18.5. The van der Waals surface area contributed by atoms with Crippen molar-refractivity contribution in [3.8, 4) is 0 Å². The summed E-state index contributed by atoms with van der Waals surface area (Å²) < 4.78 is 5.46. The lowest BCUT2D eigenvalue weighted by molar-refractivity contribution is 0.0501. The van der Waals surface area contributed by atoms with Gasteiger partial charge in [-0.05, 0) is 43.9 Å². The molecule has 0 spiro atoms. The number of hydrogen-bond donors (Lipinski definition) is 1. The molecule has 1 unspecified atom stereocenters. The predicted octanol–water partition coefficient (Wildman–Crippen LogP) is 1.67. The number of piperidine rings is 1. The second-order valence-electron chi connectivity index (χ2n) is 5.36. The molecule has 1 aliphatic heterocycles. The fourth-order valence-electron chi connectivity index (χ4n) is 2.66. The standard InChI is InChI=1S/C16H22N2O3/c1-2-21-11-12-5-4-8-18(10-12)16(20)14-7-3-6-13(9-14)15(17)19/h3,6-7,9,12H,2,4-5,8,10-11H2,1H3,(H2,17,19). The number of nitrogens with two attached hydrogens (primary N) is 1. The molecule has 0 aliphatic carbocycles. The Hall–Kier alpha value is -1.88. The highest BCUT2D eigenvalue weighted by Gasteiger charge is 2.24. The lowest BCUT2D eigenvalue weighted by Gasteiger charge is -2.32. The second kappa shape index (κ2) is 7.22. The number of nitrogens with zero attached hydrogens (tertiary/aromatic N) is 1. The zero-order valence-electron chi connectivity index (χ0n) is 12.4. The predicted molar refractivity (Wildman–Crippen MR) is 80.1 cm³/mol. The van der Waals surface area contributed by atoms with Crippen LogP contribution in [0.5, 0.6) is 0 Å². The van der Waals surface area contributed by atoms with Crippen molar-refractivity contribution in [2.75, 3.05) is 26.3 Å². The van der Waals surface area contributed by atoms with Crippen LogP contribution in [0.25, 0.3) is 0 Å². The van der Waals surface area contributed by atoms with Crippen molar-refractivity contribution in [3.05, 3.63) is 35.4 Å². The van der Waals surface area contributed by atoms with Gasteiger partial charge >= 0.3 is 0 Å². The van der Waals surface area contributed by atoms with Crippen molar-refractivity contribution < 1.29 is 14.3 Å². The Kier molecular flexibility index (Phi) is 5.33. The van der Waals surface area contributed by atoms with Crippen LogP contribution in [0.15, 0.2) is 24.3 Å². The van der Waals surface area contributed by atoms with Crippen LogP contribution < -0.4 is 5.73 Å². The van der Waals surface area contributed by atoms with Gasteiger partial charge in [0.05, 0.1) is 6.61 Å². The minimum Gasteiger partial charge on any atom is -0.381 e. The summed E-state index contributed by atoms with van der Waals surface area (Å²) in [6.07, 6.45) is 2.07. The molecular formula is C16H22N2O3. The number of likely N-dealkylation sites (tertiary alicyclic amines) is 1. The van der Waals surface area contributed by atoms with E-state index in [1.165, 1.54) is 0 Å². The number of ether oxygens (including phenoxy) is 1. The monoisotopic (exact) mass is 290 g/mol. The van der Waals surface area contributed by atoms with Crippen LogP contribution in [0, 0.1) is 5.92 Å². The molecule has 1 aliphatic rings. The first-order chi connectivity index (χ1) is 10.1. The van der Waals surface area contributed by atoms with Crippen LogP contribution in [0.2, 0.25) is 0 Å². The van der Waals surface area contributed by atoms with E-state index in [9.17, 15) is 9.59 Å². The summed E-state index contributed by atoms with van der Waals surface area (Å²) in [6, 6.07) is 6.60. The quantitative estimate of drug-likeness (QED) is 0.896. The first-order valence-corrected chi connectivity index (χ1v) is 7.38. The number of carbonyl (C=O) groups excluding carboxylic acids is 2. The highest BCUT2D eigenvalue weighted by atomic mass is 16.5. The van der Waals surface area contributed by atoms with Gasteiger partial charge in [0.15, 0.2) is 0 Å². The maximum Gasteiger partial charge on any atom is 0.253 e. The van der Waals surface area contributed by atoms with Crippen molar-refractivity contribution in [3.63, 3.8) is 0 Å². The Balaban J connectivity index is 2.05. The van der Waals surface area contributed by atoms with Crippen LogP contribution in [-0.4, -0.2) is 43.0 Å². The van der Waals surface area contributed by atoms with E-state index in [1.807, 2.05) is 11.8 Å². The molecule has 1 aromatic rings. The minimum absolute atomic E-state index is 0.0423. The van der Waals surface area contributed by atoms with Gasteiger partial charge in [-0.2, -0.15) is 0 Å². The molecule has 5 heteroatoms. The Morgan fingerprint density at radius 1 is 1.38 bits per heavy atom. The summed E-state index contributed by atoms with van der Waals surface area (Å²) >= 11 is 0. The van der Waals surface area contributed by atoms with Crippen LogP contribution in [0.3, 0.4) is 0 Å². The number of rotatable bonds is 5. The molecule has 0 aromatic heterocycles. The topological polar surface area (TPSA) is 72.6 Å². The molecule has 5 nitrogen and oxygen atoms in total. The van der Waals surface area contributed by atoms with Gasteiger partial charge < -0.3 is 15.4 Å². The highest BCUT2D eigenvalue weighted by Crippen LogP contribution is 2.19. The molecular weight excluding hydrogens is 268 g/mol. The summed E-state index contributed by atoms with van der Waals surface area (Å²) in [5, 5.41) is 0. The number of primary amides is 1. The Morgan fingerprint density at radius 2 is 2.14 bits per heavy atom. The molecule has 21 heavy (non-hydrogen) atoms. The van der Waals surface area contributed by atoms with Crippen LogP contribution in [0.4, 0.5) is 0 Å². The maximum atomic E-state index is 12.5. The summed E-state index contributed by atoms with van der Waals surface area (Å²) in [4.78, 5) is 25.6. The molecule has 1 heterocycles. The van der Waals surface area contributed by atoms with E-state index in [0.29, 0.717) is 36.8 Å². The largest absolute Gasteiger partial charge is 0.381 e. The first-order valence-electron chi connectivity index (χ1n) is 7.38. The molecule has 1 aromatic carbocycles. The van der Waals surface area contributed by atoms with Crippen LogP contribution >= 0.6 is 0 Å². The summed E-state index contributed by atoms with van der Waals surface area (Å²) in [6.45, 7) is 4.83. The van der Waals surface area contributed by atoms with Gasteiger partial charge in [-0.3, -0.25) is 9.59 Å². The molecule has 0 saturated carbocycles. The van der Waals surface area contributed by atoms with Gasteiger partial charge in [-0.1, -0.05) is 6.07 Å². The molecule has 114 valence electrons. The molecule has 0 radical (unpaired) electrons. The van der Waals surface area contributed by atoms with Gasteiger partial charge in [0.2, 0.25) is 5.91 Å². The van der Waals surface area contributed by atoms with Crippen molar-refractivity contribution in [2.24, 2.45) is 11.7 Å². The van der Waals surface area contributed by atoms with Crippen molar-refractivity contribution in [1.82, 2.24) is 4.90 Å². The van der Waals surface area contributed by atoms with E-state index < -0.39 is 5.91 Å². The van der Waals surface area contributed by atoms with Crippen molar-refractivity contribution >= 4 is 11.8 Å². The number of carbonyl (C=O) groups is 2. The molecule has 1 saturated heterocycles. The average Bonchev–Trinajstić information content (AvgIpc) is 2.52. The lowest BCUT2D eigenvalue weighted by atomic mass is 9.98. The van der Waals surface area contributed by atoms with E-state index in [4.69, 9.17) is 10.5 Å². The Bertz CT molecular complexity index is 516. The fourth-order valence-corrected chi connectivity index (χ4v) is 2.66. The van der Waals surface area contributed by atoms with E-state index >= 15 is 0 Å².